The minimum Gasteiger partial charge on any atom is -0.286 e. The Balaban J connectivity index is 2.03. The minimum atomic E-state index is -0.350. The van der Waals surface area contributed by atoms with Crippen LogP contribution in [-0.4, -0.2) is 23.2 Å². The average Bonchev–Trinajstić information content (AvgIpc) is 2.62. The normalized spacial score (nSPS) is 10.8. The van der Waals surface area contributed by atoms with Crippen molar-refractivity contribution in [2.24, 2.45) is 0 Å². The first-order valence-electron chi connectivity index (χ1n) is 10.2. The molecule has 0 aliphatic carbocycles. The van der Waals surface area contributed by atoms with Crippen molar-refractivity contribution in [1.29, 1.82) is 0 Å². The molecule has 0 saturated carbocycles. The lowest BCUT2D eigenvalue weighted by molar-refractivity contribution is -0.0375. The van der Waals surface area contributed by atoms with Crippen LogP contribution in [0.25, 0.3) is 0 Å². The fourth-order valence-corrected chi connectivity index (χ4v) is 3.22. The third-order valence-corrected chi connectivity index (χ3v) is 4.79. The van der Waals surface area contributed by atoms with Crippen molar-refractivity contribution in [2.75, 3.05) is 7.05 Å². The van der Waals surface area contributed by atoms with E-state index in [1.807, 2.05) is 12.1 Å². The number of nitrogens with zero attached hydrogens (tertiary/aromatic N) is 1. The SMILES string of the molecule is CCCCCCCCCCCCCCc1cccc(C(=O)N(C)O)c1. The third-order valence-electron chi connectivity index (χ3n) is 4.79. The van der Waals surface area contributed by atoms with Crippen molar-refractivity contribution in [2.45, 2.75) is 90.4 Å². The van der Waals surface area contributed by atoms with E-state index < -0.39 is 0 Å². The van der Waals surface area contributed by atoms with Crippen molar-refractivity contribution in [1.82, 2.24) is 5.06 Å². The van der Waals surface area contributed by atoms with Crippen LogP contribution in [0.1, 0.15) is 99.9 Å². The number of amides is 1. The summed E-state index contributed by atoms with van der Waals surface area (Å²) >= 11 is 0. The Hall–Kier alpha value is -1.35. The van der Waals surface area contributed by atoms with Gasteiger partial charge in [-0.25, -0.2) is 5.06 Å². The number of hydrogen-bond acceptors (Lipinski definition) is 2. The Bertz CT molecular complexity index is 471. The Labute approximate surface area is 154 Å². The van der Waals surface area contributed by atoms with Gasteiger partial charge in [0, 0.05) is 12.6 Å². The number of rotatable bonds is 14. The van der Waals surface area contributed by atoms with Crippen molar-refractivity contribution in [3.63, 3.8) is 0 Å². The third kappa shape index (κ3) is 10.3. The van der Waals surface area contributed by atoms with Crippen LogP contribution >= 0.6 is 0 Å². The number of carbonyl (C=O) groups is 1. The summed E-state index contributed by atoms with van der Waals surface area (Å²) in [5.41, 5.74) is 1.74. The van der Waals surface area contributed by atoms with E-state index in [-0.39, 0.29) is 5.91 Å². The van der Waals surface area contributed by atoms with Crippen LogP contribution in [0, 0.1) is 0 Å². The molecule has 0 unspecified atom stereocenters. The van der Waals surface area contributed by atoms with Crippen LogP contribution < -0.4 is 0 Å². The van der Waals surface area contributed by atoms with Crippen molar-refractivity contribution < 1.29 is 10.0 Å². The van der Waals surface area contributed by atoms with Gasteiger partial charge < -0.3 is 0 Å². The van der Waals surface area contributed by atoms with Crippen molar-refractivity contribution in [3.8, 4) is 0 Å². The predicted molar refractivity (Wildman–Crippen MR) is 105 cm³/mol. The lowest BCUT2D eigenvalue weighted by atomic mass is 10.0. The van der Waals surface area contributed by atoms with E-state index in [0.29, 0.717) is 10.6 Å². The lowest BCUT2D eigenvalue weighted by Crippen LogP contribution is -2.22. The van der Waals surface area contributed by atoms with E-state index >= 15 is 0 Å². The molecule has 0 bridgehead atoms. The summed E-state index contributed by atoms with van der Waals surface area (Å²) in [4.78, 5) is 11.7. The fraction of sp³-hybridized carbons (Fsp3) is 0.682. The van der Waals surface area contributed by atoms with E-state index in [9.17, 15) is 10.0 Å². The first kappa shape index (κ1) is 21.7. The number of aryl methyl sites for hydroxylation is 1. The molecule has 3 nitrogen and oxygen atoms in total. The summed E-state index contributed by atoms with van der Waals surface area (Å²) in [5, 5.41) is 9.88. The van der Waals surface area contributed by atoms with E-state index in [2.05, 4.69) is 13.0 Å². The molecule has 0 aromatic heterocycles. The number of hydrogen-bond donors (Lipinski definition) is 1. The fourth-order valence-electron chi connectivity index (χ4n) is 3.22. The molecule has 0 aliphatic rings. The highest BCUT2D eigenvalue weighted by Crippen LogP contribution is 2.14. The highest BCUT2D eigenvalue weighted by molar-refractivity contribution is 5.93. The molecule has 0 spiro atoms. The Morgan fingerprint density at radius 2 is 1.40 bits per heavy atom. The zero-order valence-corrected chi connectivity index (χ0v) is 16.3. The van der Waals surface area contributed by atoms with Gasteiger partial charge in [-0.05, 0) is 30.5 Å². The molecule has 1 aromatic rings. The number of unbranched alkanes of at least 4 members (excludes halogenated alkanes) is 11. The molecular weight excluding hydrogens is 310 g/mol. The minimum absolute atomic E-state index is 0.350. The second kappa shape index (κ2) is 13.9. The predicted octanol–water partition coefficient (Wildman–Crippen LogP) is 6.39. The van der Waals surface area contributed by atoms with E-state index in [4.69, 9.17) is 0 Å². The van der Waals surface area contributed by atoms with Gasteiger partial charge in [-0.2, -0.15) is 0 Å². The van der Waals surface area contributed by atoms with Gasteiger partial charge in [0.15, 0.2) is 0 Å². The second-order valence-electron chi connectivity index (χ2n) is 7.17. The quantitative estimate of drug-likeness (QED) is 0.240. The molecule has 0 heterocycles. The highest BCUT2D eigenvalue weighted by Gasteiger charge is 2.09. The smallest absolute Gasteiger partial charge is 0.276 e. The Kier molecular flexibility index (Phi) is 12.0. The van der Waals surface area contributed by atoms with Gasteiger partial charge in [0.25, 0.3) is 5.91 Å². The maximum Gasteiger partial charge on any atom is 0.276 e. The summed E-state index contributed by atoms with van der Waals surface area (Å²) in [6, 6.07) is 7.60. The molecule has 0 saturated heterocycles. The topological polar surface area (TPSA) is 40.5 Å². The van der Waals surface area contributed by atoms with Crippen molar-refractivity contribution in [3.05, 3.63) is 35.4 Å². The average molecular weight is 348 g/mol. The maximum absolute atomic E-state index is 11.7. The van der Waals surface area contributed by atoms with Gasteiger partial charge in [0.05, 0.1) is 0 Å². The molecular formula is C22H37NO2. The van der Waals surface area contributed by atoms with Crippen LogP contribution in [0.4, 0.5) is 0 Å². The Morgan fingerprint density at radius 3 is 1.92 bits per heavy atom. The van der Waals surface area contributed by atoms with Crippen LogP contribution in [0.15, 0.2) is 24.3 Å². The first-order chi connectivity index (χ1) is 12.1. The summed E-state index contributed by atoms with van der Waals surface area (Å²) in [6.07, 6.45) is 17.3. The van der Waals surface area contributed by atoms with Crippen LogP contribution in [0.5, 0.6) is 0 Å². The number of hydroxylamine groups is 2. The van der Waals surface area contributed by atoms with Crippen LogP contribution in [0.3, 0.4) is 0 Å². The molecule has 25 heavy (non-hydrogen) atoms. The molecule has 0 radical (unpaired) electrons. The molecule has 0 aliphatic heterocycles. The molecule has 1 amide bonds. The molecule has 1 rings (SSSR count). The molecule has 1 N–H and O–H groups in total. The molecule has 142 valence electrons. The van der Waals surface area contributed by atoms with E-state index in [0.717, 1.165) is 6.42 Å². The van der Waals surface area contributed by atoms with Gasteiger partial charge in [-0.3, -0.25) is 10.0 Å². The van der Waals surface area contributed by atoms with E-state index in [1.165, 1.54) is 89.7 Å². The lowest BCUT2D eigenvalue weighted by Gasteiger charge is -2.09. The molecule has 1 aromatic carbocycles. The van der Waals surface area contributed by atoms with Crippen molar-refractivity contribution >= 4 is 5.91 Å². The molecule has 0 atom stereocenters. The van der Waals surface area contributed by atoms with E-state index in [1.54, 1.807) is 6.07 Å². The molecule has 3 heteroatoms. The van der Waals surface area contributed by atoms with Gasteiger partial charge in [0.2, 0.25) is 0 Å². The van der Waals surface area contributed by atoms with Gasteiger partial charge >= 0.3 is 0 Å². The summed E-state index contributed by atoms with van der Waals surface area (Å²) < 4.78 is 0. The summed E-state index contributed by atoms with van der Waals surface area (Å²) in [7, 11) is 1.36. The van der Waals surface area contributed by atoms with Crippen LogP contribution in [-0.2, 0) is 6.42 Å². The first-order valence-corrected chi connectivity index (χ1v) is 10.2. The van der Waals surface area contributed by atoms with Gasteiger partial charge in [-0.1, -0.05) is 89.7 Å². The van der Waals surface area contributed by atoms with Gasteiger partial charge in [0.1, 0.15) is 0 Å². The number of carbonyl (C=O) groups excluding carboxylic acids is 1. The Morgan fingerprint density at radius 1 is 0.880 bits per heavy atom. The highest BCUT2D eigenvalue weighted by atomic mass is 16.5. The monoisotopic (exact) mass is 347 g/mol. The zero-order valence-electron chi connectivity index (χ0n) is 16.3. The molecule has 0 fully saturated rings. The number of benzene rings is 1. The van der Waals surface area contributed by atoms with Crippen LogP contribution in [0.2, 0.25) is 0 Å². The zero-order chi connectivity index (χ0) is 18.3. The summed E-state index contributed by atoms with van der Waals surface area (Å²) in [5.74, 6) is -0.350. The van der Waals surface area contributed by atoms with Gasteiger partial charge in [-0.15, -0.1) is 0 Å². The second-order valence-corrected chi connectivity index (χ2v) is 7.17. The largest absolute Gasteiger partial charge is 0.286 e. The summed E-state index contributed by atoms with van der Waals surface area (Å²) in [6.45, 7) is 2.27. The maximum atomic E-state index is 11.7. The standard InChI is InChI=1S/C22H37NO2/c1-3-4-5-6-7-8-9-10-11-12-13-14-16-20-17-15-18-21(19-20)22(24)23(2)25/h15,17-19,25H,3-14,16H2,1-2H3.